The van der Waals surface area contributed by atoms with Gasteiger partial charge < -0.3 is 5.32 Å². The van der Waals surface area contributed by atoms with Gasteiger partial charge in [-0.15, -0.1) is 0 Å². The molecule has 1 aromatic heterocycles. The number of para-hydroxylation sites is 3. The van der Waals surface area contributed by atoms with Crippen LogP contribution in [0.4, 0.5) is 0 Å². The molecule has 2 aromatic carbocycles. The SMILES string of the molecule is O=C(CCc1nc2ccccc2n1-c1ccccc1)NCC1CCCCC1. The smallest absolute Gasteiger partial charge is 0.220 e. The van der Waals surface area contributed by atoms with Crippen molar-refractivity contribution in [3.63, 3.8) is 0 Å². The number of imidazole rings is 1. The minimum Gasteiger partial charge on any atom is -0.356 e. The molecule has 0 aliphatic heterocycles. The molecule has 0 spiro atoms. The van der Waals surface area contributed by atoms with E-state index < -0.39 is 0 Å². The Morgan fingerprint density at radius 1 is 1.00 bits per heavy atom. The van der Waals surface area contributed by atoms with Gasteiger partial charge in [0.15, 0.2) is 0 Å². The molecule has 0 unspecified atom stereocenters. The third kappa shape index (κ3) is 4.21. The Morgan fingerprint density at radius 2 is 1.74 bits per heavy atom. The van der Waals surface area contributed by atoms with Crippen LogP contribution in [-0.2, 0) is 11.2 Å². The van der Waals surface area contributed by atoms with Crippen LogP contribution < -0.4 is 5.32 Å². The van der Waals surface area contributed by atoms with Crippen molar-refractivity contribution in [3.8, 4) is 5.69 Å². The maximum atomic E-state index is 12.4. The van der Waals surface area contributed by atoms with Gasteiger partial charge in [0.2, 0.25) is 5.91 Å². The van der Waals surface area contributed by atoms with Crippen LogP contribution in [0, 0.1) is 5.92 Å². The molecule has 1 fully saturated rings. The topological polar surface area (TPSA) is 46.9 Å². The lowest BCUT2D eigenvalue weighted by molar-refractivity contribution is -0.121. The summed E-state index contributed by atoms with van der Waals surface area (Å²) in [5.74, 6) is 1.74. The molecule has 1 amide bonds. The van der Waals surface area contributed by atoms with Gasteiger partial charge in [-0.25, -0.2) is 4.98 Å². The Bertz CT molecular complexity index is 894. The quantitative estimate of drug-likeness (QED) is 0.694. The van der Waals surface area contributed by atoms with Crippen LogP contribution in [-0.4, -0.2) is 22.0 Å². The minimum absolute atomic E-state index is 0.132. The number of benzene rings is 2. The van der Waals surface area contributed by atoms with E-state index in [1.807, 2.05) is 36.4 Å². The molecule has 27 heavy (non-hydrogen) atoms. The van der Waals surface area contributed by atoms with Crippen molar-refractivity contribution in [2.24, 2.45) is 5.92 Å². The molecule has 3 aromatic rings. The van der Waals surface area contributed by atoms with Gasteiger partial charge in [0.1, 0.15) is 5.82 Å². The van der Waals surface area contributed by atoms with Crippen LogP contribution in [0.1, 0.15) is 44.3 Å². The van der Waals surface area contributed by atoms with E-state index in [4.69, 9.17) is 4.98 Å². The molecule has 1 saturated carbocycles. The van der Waals surface area contributed by atoms with E-state index >= 15 is 0 Å². The van der Waals surface area contributed by atoms with Crippen LogP contribution >= 0.6 is 0 Å². The molecule has 4 heteroatoms. The Morgan fingerprint density at radius 3 is 2.56 bits per heavy atom. The van der Waals surface area contributed by atoms with Crippen LogP contribution in [0.2, 0.25) is 0 Å². The van der Waals surface area contributed by atoms with Crippen molar-refractivity contribution < 1.29 is 4.79 Å². The molecule has 0 bridgehead atoms. The zero-order chi connectivity index (χ0) is 18.5. The number of carbonyl (C=O) groups is 1. The van der Waals surface area contributed by atoms with Crippen molar-refractivity contribution in [2.75, 3.05) is 6.54 Å². The highest BCUT2D eigenvalue weighted by molar-refractivity contribution is 5.79. The maximum Gasteiger partial charge on any atom is 0.220 e. The summed E-state index contributed by atoms with van der Waals surface area (Å²) < 4.78 is 2.17. The number of rotatable bonds is 6. The molecule has 1 N–H and O–H groups in total. The average molecular weight is 361 g/mol. The summed E-state index contributed by atoms with van der Waals surface area (Å²) in [7, 11) is 0. The first-order valence-corrected chi connectivity index (χ1v) is 10.1. The highest BCUT2D eigenvalue weighted by Crippen LogP contribution is 2.23. The summed E-state index contributed by atoms with van der Waals surface area (Å²) in [5, 5.41) is 3.14. The van der Waals surface area contributed by atoms with Gasteiger partial charge in [0.05, 0.1) is 11.0 Å². The first kappa shape index (κ1) is 17.8. The summed E-state index contributed by atoms with van der Waals surface area (Å²) in [6.45, 7) is 0.827. The van der Waals surface area contributed by atoms with E-state index in [0.29, 0.717) is 18.8 Å². The minimum atomic E-state index is 0.132. The van der Waals surface area contributed by atoms with Gasteiger partial charge in [-0.1, -0.05) is 49.6 Å². The summed E-state index contributed by atoms with van der Waals surface area (Å²) >= 11 is 0. The van der Waals surface area contributed by atoms with Crippen molar-refractivity contribution in [1.29, 1.82) is 0 Å². The number of aromatic nitrogens is 2. The zero-order valence-electron chi connectivity index (χ0n) is 15.7. The molecule has 0 saturated heterocycles. The fourth-order valence-electron chi connectivity index (χ4n) is 4.07. The van der Waals surface area contributed by atoms with E-state index in [-0.39, 0.29) is 5.91 Å². The second-order valence-corrected chi connectivity index (χ2v) is 7.50. The standard InChI is InChI=1S/C23H27N3O/c27-23(24-17-18-9-3-1-4-10-18)16-15-22-25-20-13-7-8-14-21(20)26(22)19-11-5-2-6-12-19/h2,5-8,11-14,18H,1,3-4,9-10,15-17H2,(H,24,27). The van der Waals surface area contributed by atoms with Crippen molar-refractivity contribution in [1.82, 2.24) is 14.9 Å². The molecule has 0 radical (unpaired) electrons. The van der Waals surface area contributed by atoms with Crippen LogP contribution in [0.15, 0.2) is 54.6 Å². The number of aryl methyl sites for hydroxylation is 1. The molecule has 1 heterocycles. The van der Waals surface area contributed by atoms with Crippen LogP contribution in [0.5, 0.6) is 0 Å². The Balaban J connectivity index is 1.46. The third-order valence-electron chi connectivity index (χ3n) is 5.53. The van der Waals surface area contributed by atoms with E-state index in [1.165, 1.54) is 32.1 Å². The third-order valence-corrected chi connectivity index (χ3v) is 5.53. The van der Waals surface area contributed by atoms with E-state index in [2.05, 4.69) is 28.1 Å². The van der Waals surface area contributed by atoms with Crippen molar-refractivity contribution >= 4 is 16.9 Å². The van der Waals surface area contributed by atoms with Crippen molar-refractivity contribution in [3.05, 3.63) is 60.4 Å². The molecule has 1 aliphatic carbocycles. The first-order valence-electron chi connectivity index (χ1n) is 10.1. The van der Waals surface area contributed by atoms with E-state index in [1.54, 1.807) is 0 Å². The number of hydrogen-bond acceptors (Lipinski definition) is 2. The van der Waals surface area contributed by atoms with Gasteiger partial charge in [0, 0.05) is 25.1 Å². The lowest BCUT2D eigenvalue weighted by Crippen LogP contribution is -2.30. The molecule has 4 rings (SSSR count). The molecule has 1 aliphatic rings. The Kier molecular flexibility index (Phi) is 5.52. The van der Waals surface area contributed by atoms with Gasteiger partial charge in [-0.3, -0.25) is 9.36 Å². The largest absolute Gasteiger partial charge is 0.356 e. The van der Waals surface area contributed by atoms with Gasteiger partial charge in [-0.2, -0.15) is 0 Å². The van der Waals surface area contributed by atoms with Crippen LogP contribution in [0.25, 0.3) is 16.7 Å². The lowest BCUT2D eigenvalue weighted by atomic mass is 9.89. The predicted molar refractivity (Wildman–Crippen MR) is 109 cm³/mol. The Labute approximate surface area is 160 Å². The summed E-state index contributed by atoms with van der Waals surface area (Å²) in [6.07, 6.45) is 7.58. The summed E-state index contributed by atoms with van der Waals surface area (Å²) in [5.41, 5.74) is 3.14. The fraction of sp³-hybridized carbons (Fsp3) is 0.391. The van der Waals surface area contributed by atoms with E-state index in [9.17, 15) is 4.79 Å². The molecular weight excluding hydrogens is 334 g/mol. The Hall–Kier alpha value is -2.62. The van der Waals surface area contributed by atoms with Crippen molar-refractivity contribution in [2.45, 2.75) is 44.9 Å². The first-order chi connectivity index (χ1) is 13.3. The number of carbonyl (C=O) groups excluding carboxylic acids is 1. The normalized spacial score (nSPS) is 15.1. The number of nitrogens with one attached hydrogen (secondary N) is 1. The molecule has 0 atom stereocenters. The summed E-state index contributed by atoms with van der Waals surface area (Å²) in [4.78, 5) is 17.2. The number of fused-ring (bicyclic) bond motifs is 1. The second-order valence-electron chi connectivity index (χ2n) is 7.50. The number of nitrogens with zero attached hydrogens (tertiary/aromatic N) is 2. The molecular formula is C23H27N3O. The highest BCUT2D eigenvalue weighted by Gasteiger charge is 2.16. The van der Waals surface area contributed by atoms with Crippen LogP contribution in [0.3, 0.4) is 0 Å². The predicted octanol–water partition coefficient (Wildman–Crippen LogP) is 4.65. The van der Waals surface area contributed by atoms with Gasteiger partial charge in [-0.05, 0) is 43.0 Å². The molecule has 140 valence electrons. The van der Waals surface area contributed by atoms with Gasteiger partial charge >= 0.3 is 0 Å². The average Bonchev–Trinajstić information content (AvgIpc) is 3.10. The monoisotopic (exact) mass is 361 g/mol. The summed E-state index contributed by atoms with van der Waals surface area (Å²) in [6, 6.07) is 18.4. The maximum absolute atomic E-state index is 12.4. The zero-order valence-corrected chi connectivity index (χ0v) is 15.7. The highest BCUT2D eigenvalue weighted by atomic mass is 16.1. The molecule has 4 nitrogen and oxygen atoms in total. The lowest BCUT2D eigenvalue weighted by Gasteiger charge is -2.21. The van der Waals surface area contributed by atoms with Gasteiger partial charge in [0.25, 0.3) is 0 Å². The number of amides is 1. The second kappa shape index (κ2) is 8.38. The number of hydrogen-bond donors (Lipinski definition) is 1. The van der Waals surface area contributed by atoms with E-state index in [0.717, 1.165) is 29.1 Å². The fourth-order valence-corrected chi connectivity index (χ4v) is 4.07.